The van der Waals surface area contributed by atoms with Gasteiger partial charge in [-0.3, -0.25) is 4.90 Å². The van der Waals surface area contributed by atoms with E-state index in [1.54, 1.807) is 12.1 Å². The summed E-state index contributed by atoms with van der Waals surface area (Å²) in [7, 11) is 0. The topological polar surface area (TPSA) is 45.5 Å². The largest absolute Gasteiger partial charge is 0.423 e. The molecular formula is C23H23FN2O2. The number of para-hydroxylation sites is 1. The number of nitrogens with one attached hydrogen (secondary N) is 1. The highest BCUT2D eigenvalue weighted by Crippen LogP contribution is 2.24. The smallest absolute Gasteiger partial charge is 0.338 e. The van der Waals surface area contributed by atoms with Crippen molar-refractivity contribution in [2.75, 3.05) is 25.0 Å². The number of fused-ring (bicyclic) bond motifs is 1. The van der Waals surface area contributed by atoms with Crippen molar-refractivity contribution < 1.29 is 8.81 Å². The zero-order valence-corrected chi connectivity index (χ0v) is 15.6. The third kappa shape index (κ3) is 4.31. The van der Waals surface area contributed by atoms with E-state index in [0.717, 1.165) is 43.5 Å². The molecule has 0 amide bonds. The molecule has 2 aromatic carbocycles. The second kappa shape index (κ2) is 8.40. The van der Waals surface area contributed by atoms with Crippen molar-refractivity contribution in [2.45, 2.75) is 18.9 Å². The normalized spacial score (nSPS) is 16.0. The summed E-state index contributed by atoms with van der Waals surface area (Å²) in [6.45, 7) is 2.72. The maximum Gasteiger partial charge on any atom is 0.338 e. The number of halogens is 1. The Balaban J connectivity index is 1.34. The van der Waals surface area contributed by atoms with Crippen molar-refractivity contribution >= 4 is 22.7 Å². The van der Waals surface area contributed by atoms with E-state index in [0.29, 0.717) is 17.2 Å². The van der Waals surface area contributed by atoms with Crippen molar-refractivity contribution in [1.29, 1.82) is 0 Å². The molecule has 4 nitrogen and oxygen atoms in total. The van der Waals surface area contributed by atoms with Crippen LogP contribution in [0.3, 0.4) is 0 Å². The van der Waals surface area contributed by atoms with Gasteiger partial charge in [-0.05, 0) is 31.0 Å². The Morgan fingerprint density at radius 3 is 2.68 bits per heavy atom. The van der Waals surface area contributed by atoms with E-state index >= 15 is 0 Å². The van der Waals surface area contributed by atoms with Gasteiger partial charge in [-0.1, -0.05) is 42.5 Å². The fraction of sp³-hybridized carbons (Fsp3) is 0.261. The number of anilines is 1. The summed E-state index contributed by atoms with van der Waals surface area (Å²) < 4.78 is 18.9. The molecule has 1 fully saturated rings. The Labute approximate surface area is 163 Å². The monoisotopic (exact) mass is 378 g/mol. The Hall–Kier alpha value is -2.92. The van der Waals surface area contributed by atoms with Crippen LogP contribution in [0.4, 0.5) is 10.1 Å². The third-order valence-corrected chi connectivity index (χ3v) is 5.16. The van der Waals surface area contributed by atoms with Gasteiger partial charge in [0.25, 0.3) is 0 Å². The zero-order valence-electron chi connectivity index (χ0n) is 15.6. The second-order valence-corrected chi connectivity index (χ2v) is 7.12. The number of piperidine rings is 1. The summed E-state index contributed by atoms with van der Waals surface area (Å²) in [5.41, 5.74) is 1.73. The van der Waals surface area contributed by atoms with E-state index < -0.39 is 0 Å². The van der Waals surface area contributed by atoms with E-state index in [1.807, 2.05) is 42.5 Å². The number of likely N-dealkylation sites (tertiary alicyclic amines) is 1. The van der Waals surface area contributed by atoms with Crippen LogP contribution in [0.25, 0.3) is 17.0 Å². The molecule has 2 heterocycles. The van der Waals surface area contributed by atoms with E-state index in [2.05, 4.69) is 10.2 Å². The van der Waals surface area contributed by atoms with E-state index in [9.17, 15) is 9.18 Å². The Kier molecular flexibility index (Phi) is 5.53. The summed E-state index contributed by atoms with van der Waals surface area (Å²) in [6.07, 6.45) is 5.83. The molecule has 1 aliphatic heterocycles. The molecular weight excluding hydrogens is 355 g/mol. The molecule has 0 radical (unpaired) electrons. The fourth-order valence-electron chi connectivity index (χ4n) is 3.65. The lowest BCUT2D eigenvalue weighted by atomic mass is 10.0. The molecule has 3 aromatic rings. The first-order valence-electron chi connectivity index (χ1n) is 9.62. The van der Waals surface area contributed by atoms with Gasteiger partial charge in [-0.2, -0.15) is 0 Å². The van der Waals surface area contributed by atoms with Crippen molar-refractivity contribution in [3.8, 4) is 0 Å². The molecule has 28 heavy (non-hydrogen) atoms. The predicted molar refractivity (Wildman–Crippen MR) is 111 cm³/mol. The van der Waals surface area contributed by atoms with Gasteiger partial charge in [-0.25, -0.2) is 9.18 Å². The van der Waals surface area contributed by atoms with Gasteiger partial charge in [0.05, 0.1) is 5.69 Å². The summed E-state index contributed by atoms with van der Waals surface area (Å²) in [4.78, 5) is 14.2. The van der Waals surface area contributed by atoms with Crippen LogP contribution in [0.2, 0.25) is 0 Å². The SMILES string of the molecule is O=c1cc(NC2CCN(C/C=C/c3ccccc3F)CC2)c2ccccc2o1. The molecule has 0 unspecified atom stereocenters. The van der Waals surface area contributed by atoms with Gasteiger partial charge in [0.1, 0.15) is 11.4 Å². The second-order valence-electron chi connectivity index (χ2n) is 7.12. The molecule has 0 bridgehead atoms. The minimum absolute atomic E-state index is 0.193. The standard InChI is InChI=1S/C23H23FN2O2/c24-20-9-3-1-6-17(20)7-5-13-26-14-11-18(12-15-26)25-21-16-23(27)28-22-10-4-2-8-19(21)22/h1-10,16,18,25H,11-15H2/b7-5+. The van der Waals surface area contributed by atoms with Gasteiger partial charge in [-0.15, -0.1) is 0 Å². The maximum atomic E-state index is 13.7. The highest BCUT2D eigenvalue weighted by atomic mass is 19.1. The van der Waals surface area contributed by atoms with Crippen LogP contribution in [-0.2, 0) is 0 Å². The Morgan fingerprint density at radius 1 is 1.11 bits per heavy atom. The van der Waals surface area contributed by atoms with Gasteiger partial charge in [0.2, 0.25) is 0 Å². The molecule has 5 heteroatoms. The highest BCUT2D eigenvalue weighted by Gasteiger charge is 2.19. The molecule has 1 aromatic heterocycles. The molecule has 144 valence electrons. The lowest BCUT2D eigenvalue weighted by Gasteiger charge is -2.32. The summed E-state index contributed by atoms with van der Waals surface area (Å²) in [5.74, 6) is -0.193. The van der Waals surface area contributed by atoms with Gasteiger partial charge in [0, 0.05) is 42.7 Å². The van der Waals surface area contributed by atoms with Gasteiger partial charge < -0.3 is 9.73 Å². The van der Waals surface area contributed by atoms with Crippen LogP contribution in [0.5, 0.6) is 0 Å². The molecule has 0 aliphatic carbocycles. The van der Waals surface area contributed by atoms with Crippen LogP contribution in [0, 0.1) is 5.82 Å². The van der Waals surface area contributed by atoms with Crippen molar-refractivity contribution in [1.82, 2.24) is 4.90 Å². The first kappa shape index (κ1) is 18.4. The first-order valence-corrected chi connectivity index (χ1v) is 9.62. The maximum absolute atomic E-state index is 13.7. The van der Waals surface area contributed by atoms with Crippen LogP contribution >= 0.6 is 0 Å². The average Bonchev–Trinajstić information content (AvgIpc) is 2.71. The van der Waals surface area contributed by atoms with Crippen molar-refractivity contribution in [3.63, 3.8) is 0 Å². The molecule has 0 saturated carbocycles. The van der Waals surface area contributed by atoms with E-state index in [1.165, 1.54) is 12.1 Å². The minimum atomic E-state index is -0.336. The van der Waals surface area contributed by atoms with Crippen molar-refractivity contribution in [3.05, 3.63) is 82.5 Å². The summed E-state index contributed by atoms with van der Waals surface area (Å²) in [5, 5.41) is 4.45. The molecule has 0 atom stereocenters. The fourth-order valence-corrected chi connectivity index (χ4v) is 3.65. The average molecular weight is 378 g/mol. The molecule has 1 N–H and O–H groups in total. The third-order valence-electron chi connectivity index (χ3n) is 5.16. The summed E-state index contributed by atoms with van der Waals surface area (Å²) >= 11 is 0. The number of hydrogen-bond acceptors (Lipinski definition) is 4. The number of rotatable bonds is 5. The lowest BCUT2D eigenvalue weighted by Crippen LogP contribution is -2.39. The van der Waals surface area contributed by atoms with Crippen molar-refractivity contribution in [2.24, 2.45) is 0 Å². The minimum Gasteiger partial charge on any atom is -0.423 e. The number of benzene rings is 2. The Morgan fingerprint density at radius 2 is 1.86 bits per heavy atom. The number of hydrogen-bond donors (Lipinski definition) is 1. The summed E-state index contributed by atoms with van der Waals surface area (Å²) in [6, 6.07) is 16.2. The molecule has 0 spiro atoms. The van der Waals surface area contributed by atoms with Crippen LogP contribution < -0.4 is 10.9 Å². The number of nitrogens with zero attached hydrogens (tertiary/aromatic N) is 1. The quantitative estimate of drug-likeness (QED) is 0.663. The first-order chi connectivity index (χ1) is 13.7. The van der Waals surface area contributed by atoms with Gasteiger partial charge >= 0.3 is 5.63 Å². The zero-order chi connectivity index (χ0) is 19.3. The lowest BCUT2D eigenvalue weighted by molar-refractivity contribution is 0.240. The molecule has 1 aliphatic rings. The van der Waals surface area contributed by atoms with Gasteiger partial charge in [0.15, 0.2) is 0 Å². The Bertz CT molecular complexity index is 1040. The highest BCUT2D eigenvalue weighted by molar-refractivity contribution is 5.89. The van der Waals surface area contributed by atoms with E-state index in [-0.39, 0.29) is 11.4 Å². The van der Waals surface area contributed by atoms with E-state index in [4.69, 9.17) is 4.42 Å². The molecule has 4 rings (SSSR count). The predicted octanol–water partition coefficient (Wildman–Crippen LogP) is 4.52. The molecule has 1 saturated heterocycles. The van der Waals surface area contributed by atoms with Crippen LogP contribution in [-0.4, -0.2) is 30.6 Å². The van der Waals surface area contributed by atoms with Crippen LogP contribution in [0.1, 0.15) is 18.4 Å². The van der Waals surface area contributed by atoms with Crippen LogP contribution in [0.15, 0.2) is 69.9 Å².